The van der Waals surface area contributed by atoms with Gasteiger partial charge in [0.15, 0.2) is 0 Å². The lowest BCUT2D eigenvalue weighted by atomic mass is 9.91. The molecule has 0 saturated carbocycles. The molecule has 1 aromatic carbocycles. The lowest BCUT2D eigenvalue weighted by Crippen LogP contribution is -2.46. The molecule has 0 unspecified atom stereocenters. The van der Waals surface area contributed by atoms with Crippen LogP contribution in [0.2, 0.25) is 0 Å². The number of carboxylic acids is 1. The largest absolute Gasteiger partial charge is 0.481 e. The van der Waals surface area contributed by atoms with Gasteiger partial charge in [-0.3, -0.25) is 4.79 Å². The van der Waals surface area contributed by atoms with Crippen molar-refractivity contribution in [3.8, 4) is 0 Å². The molecule has 1 aromatic rings. The van der Waals surface area contributed by atoms with E-state index in [1.54, 1.807) is 14.0 Å². The molecule has 0 heterocycles. The maximum absolute atomic E-state index is 12.1. The Kier molecular flexibility index (Phi) is 6.21. The van der Waals surface area contributed by atoms with Crippen LogP contribution < -0.4 is 0 Å². The molecule has 0 aliphatic heterocycles. The molecule has 2 atom stereocenters. The zero-order valence-electron chi connectivity index (χ0n) is 12.9. The van der Waals surface area contributed by atoms with E-state index >= 15 is 0 Å². The summed E-state index contributed by atoms with van der Waals surface area (Å²) in [6.07, 6.45) is -0.509. The molecule has 1 N–H and O–H groups in total. The number of amides is 1. The number of nitrogens with zero attached hydrogens (tertiary/aromatic N) is 1. The molecule has 0 saturated heterocycles. The van der Waals surface area contributed by atoms with Crippen molar-refractivity contribution < 1.29 is 19.4 Å². The average Bonchev–Trinajstić information content (AvgIpc) is 2.45. The predicted octanol–water partition coefficient (Wildman–Crippen LogP) is 3.00. The summed E-state index contributed by atoms with van der Waals surface area (Å²) >= 11 is 0. The Morgan fingerprint density at radius 2 is 1.76 bits per heavy atom. The van der Waals surface area contributed by atoms with E-state index in [0.29, 0.717) is 0 Å². The van der Waals surface area contributed by atoms with Gasteiger partial charge in [-0.15, -0.1) is 0 Å². The second-order valence-corrected chi connectivity index (χ2v) is 5.51. The minimum absolute atomic E-state index is 0.0189. The maximum Gasteiger partial charge on any atom is 0.410 e. The van der Waals surface area contributed by atoms with Crippen LogP contribution >= 0.6 is 0 Å². The van der Waals surface area contributed by atoms with Gasteiger partial charge in [0, 0.05) is 7.05 Å². The fourth-order valence-corrected chi connectivity index (χ4v) is 2.45. The van der Waals surface area contributed by atoms with Gasteiger partial charge >= 0.3 is 12.1 Å². The Hall–Kier alpha value is -2.04. The first-order valence-electron chi connectivity index (χ1n) is 7.01. The van der Waals surface area contributed by atoms with E-state index in [2.05, 4.69) is 0 Å². The normalized spacial score (nSPS) is 13.6. The van der Waals surface area contributed by atoms with Gasteiger partial charge in [0.2, 0.25) is 0 Å². The Bertz CT molecular complexity index is 472. The Balaban J connectivity index is 2.68. The first kappa shape index (κ1) is 17.0. The van der Waals surface area contributed by atoms with Crippen molar-refractivity contribution in [3.05, 3.63) is 35.9 Å². The van der Waals surface area contributed by atoms with Crippen LogP contribution in [0.3, 0.4) is 0 Å². The smallest absolute Gasteiger partial charge is 0.410 e. The number of carboxylic acid groups (broad SMARTS) is 1. The van der Waals surface area contributed by atoms with Gasteiger partial charge in [0.05, 0.1) is 12.0 Å². The van der Waals surface area contributed by atoms with Gasteiger partial charge in [0.1, 0.15) is 6.61 Å². The molecule has 0 spiro atoms. The van der Waals surface area contributed by atoms with Crippen LogP contribution in [-0.4, -0.2) is 35.2 Å². The Labute approximate surface area is 125 Å². The van der Waals surface area contributed by atoms with E-state index in [1.807, 2.05) is 44.2 Å². The Morgan fingerprint density at radius 1 is 1.19 bits per heavy atom. The van der Waals surface area contributed by atoms with Crippen molar-refractivity contribution in [2.24, 2.45) is 11.8 Å². The summed E-state index contributed by atoms with van der Waals surface area (Å²) in [5.74, 6) is -1.55. The average molecular weight is 293 g/mol. The van der Waals surface area contributed by atoms with Gasteiger partial charge in [-0.25, -0.2) is 4.79 Å². The molecule has 1 amide bonds. The third kappa shape index (κ3) is 4.77. The fraction of sp³-hybridized carbons (Fsp3) is 0.500. The first-order chi connectivity index (χ1) is 9.84. The van der Waals surface area contributed by atoms with Crippen LogP contribution in [0.15, 0.2) is 30.3 Å². The van der Waals surface area contributed by atoms with Gasteiger partial charge in [0.25, 0.3) is 0 Å². The van der Waals surface area contributed by atoms with Crippen LogP contribution in [0.1, 0.15) is 26.3 Å². The van der Waals surface area contributed by atoms with E-state index in [-0.39, 0.29) is 12.5 Å². The molecule has 5 heteroatoms. The molecular weight excluding hydrogens is 270 g/mol. The number of hydrogen-bond acceptors (Lipinski definition) is 3. The fourth-order valence-electron chi connectivity index (χ4n) is 2.45. The zero-order chi connectivity index (χ0) is 16.0. The first-order valence-corrected chi connectivity index (χ1v) is 7.01. The minimum atomic E-state index is -0.920. The summed E-state index contributed by atoms with van der Waals surface area (Å²) in [6.45, 7) is 5.57. The second kappa shape index (κ2) is 7.67. The second-order valence-electron chi connectivity index (χ2n) is 5.51. The highest BCUT2D eigenvalue weighted by Gasteiger charge is 2.33. The summed E-state index contributed by atoms with van der Waals surface area (Å²) < 4.78 is 5.24. The maximum atomic E-state index is 12.1. The highest BCUT2D eigenvalue weighted by molar-refractivity contribution is 5.73. The monoisotopic (exact) mass is 293 g/mol. The molecule has 0 aromatic heterocycles. The lowest BCUT2D eigenvalue weighted by molar-refractivity contribution is -0.143. The summed E-state index contributed by atoms with van der Waals surface area (Å²) in [7, 11) is 1.58. The van der Waals surface area contributed by atoms with Gasteiger partial charge in [-0.1, -0.05) is 44.2 Å². The van der Waals surface area contributed by atoms with E-state index < -0.39 is 24.0 Å². The van der Waals surface area contributed by atoms with Crippen LogP contribution in [0, 0.1) is 11.8 Å². The lowest BCUT2D eigenvalue weighted by Gasteiger charge is -2.33. The van der Waals surface area contributed by atoms with Crippen molar-refractivity contribution in [2.45, 2.75) is 33.4 Å². The number of hydrogen-bond donors (Lipinski definition) is 1. The number of rotatable bonds is 6. The van der Waals surface area contributed by atoms with Crippen molar-refractivity contribution >= 4 is 12.1 Å². The molecule has 0 fully saturated rings. The third-order valence-corrected chi connectivity index (χ3v) is 3.53. The highest BCUT2D eigenvalue weighted by Crippen LogP contribution is 2.20. The molecule has 0 aliphatic rings. The van der Waals surface area contributed by atoms with Crippen molar-refractivity contribution in [3.63, 3.8) is 0 Å². The van der Waals surface area contributed by atoms with Crippen molar-refractivity contribution in [1.82, 2.24) is 4.90 Å². The topological polar surface area (TPSA) is 66.8 Å². The molecule has 5 nitrogen and oxygen atoms in total. The Morgan fingerprint density at radius 3 is 2.24 bits per heavy atom. The number of carbonyl (C=O) groups excluding carboxylic acids is 1. The van der Waals surface area contributed by atoms with E-state index in [0.717, 1.165) is 5.56 Å². The number of ether oxygens (including phenoxy) is 1. The van der Waals surface area contributed by atoms with Crippen molar-refractivity contribution in [1.29, 1.82) is 0 Å². The molecular formula is C16H23NO4. The summed E-state index contributed by atoms with van der Waals surface area (Å²) in [6, 6.07) is 8.96. The van der Waals surface area contributed by atoms with Crippen LogP contribution in [-0.2, 0) is 16.1 Å². The van der Waals surface area contributed by atoms with E-state index in [1.165, 1.54) is 4.90 Å². The minimum Gasteiger partial charge on any atom is -0.481 e. The quantitative estimate of drug-likeness (QED) is 0.875. The SMILES string of the molecule is CC(C)[C@@H]([C@H](C)C(=O)O)N(C)C(=O)OCc1ccccc1. The van der Waals surface area contributed by atoms with Crippen LogP contribution in [0.4, 0.5) is 4.79 Å². The van der Waals surface area contributed by atoms with Gasteiger partial charge in [-0.2, -0.15) is 0 Å². The molecule has 0 aliphatic carbocycles. The van der Waals surface area contributed by atoms with E-state index in [9.17, 15) is 9.59 Å². The molecule has 0 radical (unpaired) electrons. The molecule has 0 bridgehead atoms. The number of carbonyl (C=O) groups is 2. The summed E-state index contributed by atoms with van der Waals surface area (Å²) in [4.78, 5) is 24.7. The van der Waals surface area contributed by atoms with Crippen LogP contribution in [0.25, 0.3) is 0 Å². The molecule has 116 valence electrons. The molecule has 1 rings (SSSR count). The predicted molar refractivity (Wildman–Crippen MR) is 79.8 cm³/mol. The third-order valence-electron chi connectivity index (χ3n) is 3.53. The van der Waals surface area contributed by atoms with Gasteiger partial charge in [-0.05, 0) is 18.4 Å². The number of aliphatic carboxylic acids is 1. The molecule has 21 heavy (non-hydrogen) atoms. The summed E-state index contributed by atoms with van der Waals surface area (Å²) in [5.41, 5.74) is 0.895. The van der Waals surface area contributed by atoms with E-state index in [4.69, 9.17) is 9.84 Å². The van der Waals surface area contributed by atoms with Crippen LogP contribution in [0.5, 0.6) is 0 Å². The number of benzene rings is 1. The van der Waals surface area contributed by atoms with Crippen molar-refractivity contribution in [2.75, 3.05) is 7.05 Å². The summed E-state index contributed by atoms with van der Waals surface area (Å²) in [5, 5.41) is 9.16. The zero-order valence-corrected chi connectivity index (χ0v) is 12.9. The highest BCUT2D eigenvalue weighted by atomic mass is 16.6. The standard InChI is InChI=1S/C16H23NO4/c1-11(2)14(12(3)15(18)19)17(4)16(20)21-10-13-8-6-5-7-9-13/h5-9,11-12,14H,10H2,1-4H3,(H,18,19)/t12-,14-/m0/s1. The van der Waals surface area contributed by atoms with Gasteiger partial charge < -0.3 is 14.7 Å².